The summed E-state index contributed by atoms with van der Waals surface area (Å²) in [6, 6.07) is 2.61. The van der Waals surface area contributed by atoms with Gasteiger partial charge in [-0.15, -0.1) is 0 Å². The van der Waals surface area contributed by atoms with Crippen LogP contribution in [0.1, 0.15) is 12.0 Å². The molecule has 1 aromatic rings. The predicted molar refractivity (Wildman–Crippen MR) is 85.5 cm³/mol. The van der Waals surface area contributed by atoms with E-state index in [4.69, 9.17) is 11.6 Å². The Bertz CT molecular complexity index is 727. The number of halogens is 10. The maximum absolute atomic E-state index is 14.4. The standard InChI is InChI=1S/C14H7Br2ClF7N/c15-9-3-8(12(18,13(19,20)21)14(22,23)24)5-11(16,6-9)7-1-2-25-10(17)4-7/h1-5H,6H2. The average molecular weight is 517 g/mol. The van der Waals surface area contributed by atoms with E-state index >= 15 is 0 Å². The van der Waals surface area contributed by atoms with Gasteiger partial charge in [-0.05, 0) is 28.3 Å². The van der Waals surface area contributed by atoms with Crippen LogP contribution >= 0.6 is 43.5 Å². The van der Waals surface area contributed by atoms with Crippen LogP contribution in [0.15, 0.2) is 40.5 Å². The molecule has 0 fully saturated rings. The van der Waals surface area contributed by atoms with E-state index in [1.54, 1.807) is 0 Å². The fraction of sp³-hybridized carbons (Fsp3) is 0.357. The van der Waals surface area contributed by atoms with E-state index in [-0.39, 0.29) is 21.6 Å². The van der Waals surface area contributed by atoms with Gasteiger partial charge in [-0.25, -0.2) is 9.37 Å². The fourth-order valence-corrected chi connectivity index (χ4v) is 4.37. The molecule has 1 atom stereocenters. The summed E-state index contributed by atoms with van der Waals surface area (Å²) in [6.07, 6.45) is -10.2. The van der Waals surface area contributed by atoms with Gasteiger partial charge >= 0.3 is 18.0 Å². The summed E-state index contributed by atoms with van der Waals surface area (Å²) in [6.45, 7) is 0. The summed E-state index contributed by atoms with van der Waals surface area (Å²) in [7, 11) is 0. The molecule has 1 aromatic heterocycles. The topological polar surface area (TPSA) is 12.9 Å². The molecule has 1 aliphatic rings. The third-order valence-electron chi connectivity index (χ3n) is 3.51. The Hall–Kier alpha value is -0.610. The Morgan fingerprint density at radius 3 is 2.12 bits per heavy atom. The second-order valence-electron chi connectivity index (χ2n) is 5.25. The first-order valence-corrected chi connectivity index (χ1v) is 8.40. The van der Waals surface area contributed by atoms with Gasteiger partial charge in [-0.3, -0.25) is 0 Å². The van der Waals surface area contributed by atoms with Crippen molar-refractivity contribution in [2.75, 3.05) is 0 Å². The van der Waals surface area contributed by atoms with Crippen molar-refractivity contribution < 1.29 is 30.7 Å². The number of allylic oxidation sites excluding steroid dienone is 4. The Kier molecular flexibility index (Phi) is 5.40. The maximum Gasteiger partial charge on any atom is 0.435 e. The first-order chi connectivity index (χ1) is 11.2. The number of aromatic nitrogens is 1. The average Bonchev–Trinajstić information content (AvgIpc) is 2.43. The van der Waals surface area contributed by atoms with Crippen molar-refractivity contribution in [2.45, 2.75) is 28.8 Å². The molecule has 2 rings (SSSR count). The maximum atomic E-state index is 14.4. The van der Waals surface area contributed by atoms with Gasteiger partial charge in [0.15, 0.2) is 0 Å². The van der Waals surface area contributed by atoms with Crippen LogP contribution in [0.25, 0.3) is 0 Å². The Morgan fingerprint density at radius 2 is 1.64 bits per heavy atom. The lowest BCUT2D eigenvalue weighted by atomic mass is 9.83. The minimum Gasteiger partial charge on any atom is -0.245 e. The van der Waals surface area contributed by atoms with Crippen molar-refractivity contribution in [1.82, 2.24) is 4.98 Å². The molecule has 0 aliphatic heterocycles. The van der Waals surface area contributed by atoms with Crippen LogP contribution in [0.3, 0.4) is 0 Å². The Balaban J connectivity index is 2.69. The SMILES string of the molecule is FC(F)(F)C(F)(C1=CC(Br)(c2ccnc(Cl)c2)CC(Br)=C1)C(F)(F)F. The summed E-state index contributed by atoms with van der Waals surface area (Å²) in [5, 5.41) is -0.0184. The molecule has 25 heavy (non-hydrogen) atoms. The smallest absolute Gasteiger partial charge is 0.245 e. The Morgan fingerprint density at radius 1 is 1.08 bits per heavy atom. The number of nitrogens with zero attached hydrogens (tertiary/aromatic N) is 1. The van der Waals surface area contributed by atoms with Gasteiger partial charge in [0.05, 0.1) is 4.32 Å². The summed E-state index contributed by atoms with van der Waals surface area (Å²) >= 11 is 11.7. The largest absolute Gasteiger partial charge is 0.435 e. The van der Waals surface area contributed by atoms with Gasteiger partial charge in [-0.2, -0.15) is 26.3 Å². The third-order valence-corrected chi connectivity index (χ3v) is 5.19. The summed E-state index contributed by atoms with van der Waals surface area (Å²) in [5.74, 6) is 0. The van der Waals surface area contributed by atoms with Crippen LogP contribution in [0, 0.1) is 0 Å². The summed E-state index contributed by atoms with van der Waals surface area (Å²) in [4.78, 5) is 3.69. The van der Waals surface area contributed by atoms with E-state index < -0.39 is 27.9 Å². The van der Waals surface area contributed by atoms with Gasteiger partial charge < -0.3 is 0 Å². The van der Waals surface area contributed by atoms with Crippen molar-refractivity contribution in [1.29, 1.82) is 0 Å². The quantitative estimate of drug-likeness (QED) is 0.240. The monoisotopic (exact) mass is 515 g/mol. The molecule has 0 bridgehead atoms. The molecule has 1 heterocycles. The lowest BCUT2D eigenvalue weighted by molar-refractivity contribution is -0.325. The Labute approximate surface area is 159 Å². The highest BCUT2D eigenvalue weighted by Crippen LogP contribution is 2.55. The van der Waals surface area contributed by atoms with Gasteiger partial charge in [0, 0.05) is 18.2 Å². The first-order valence-electron chi connectivity index (χ1n) is 6.43. The van der Waals surface area contributed by atoms with E-state index in [1.807, 2.05) is 0 Å². The molecule has 0 N–H and O–H groups in total. The summed E-state index contributed by atoms with van der Waals surface area (Å²) < 4.78 is 90.8. The van der Waals surface area contributed by atoms with Gasteiger partial charge in [0.2, 0.25) is 0 Å². The fourth-order valence-electron chi connectivity index (χ4n) is 2.34. The van der Waals surface area contributed by atoms with Crippen molar-refractivity contribution >= 4 is 43.5 Å². The second kappa shape index (κ2) is 6.53. The van der Waals surface area contributed by atoms with Crippen molar-refractivity contribution in [3.05, 3.63) is 51.3 Å². The van der Waals surface area contributed by atoms with Crippen LogP contribution in [0.5, 0.6) is 0 Å². The van der Waals surface area contributed by atoms with Crippen LogP contribution in [0.2, 0.25) is 5.15 Å². The van der Waals surface area contributed by atoms with Crippen LogP contribution in [-0.4, -0.2) is 23.0 Å². The normalized spacial score (nSPS) is 22.5. The van der Waals surface area contributed by atoms with E-state index in [0.717, 1.165) is 0 Å². The zero-order valence-corrected chi connectivity index (χ0v) is 15.7. The van der Waals surface area contributed by atoms with Gasteiger partial charge in [0.25, 0.3) is 0 Å². The molecule has 0 saturated carbocycles. The van der Waals surface area contributed by atoms with Crippen molar-refractivity contribution in [2.24, 2.45) is 0 Å². The van der Waals surface area contributed by atoms with E-state index in [9.17, 15) is 30.7 Å². The molecular weight excluding hydrogens is 510 g/mol. The van der Waals surface area contributed by atoms with E-state index in [1.165, 1.54) is 18.3 Å². The number of hydrogen-bond donors (Lipinski definition) is 0. The van der Waals surface area contributed by atoms with Gasteiger partial charge in [-0.1, -0.05) is 49.5 Å². The zero-order chi connectivity index (χ0) is 19.3. The lowest BCUT2D eigenvalue weighted by Crippen LogP contribution is -2.55. The van der Waals surface area contributed by atoms with E-state index in [0.29, 0.717) is 12.2 Å². The molecule has 0 saturated heterocycles. The highest BCUT2D eigenvalue weighted by atomic mass is 79.9. The summed E-state index contributed by atoms with van der Waals surface area (Å²) in [5.41, 5.74) is -6.87. The minimum atomic E-state index is -6.19. The number of alkyl halides is 8. The van der Waals surface area contributed by atoms with Crippen LogP contribution in [-0.2, 0) is 4.32 Å². The molecule has 138 valence electrons. The van der Waals surface area contributed by atoms with Crippen LogP contribution < -0.4 is 0 Å². The van der Waals surface area contributed by atoms with Gasteiger partial charge in [0.1, 0.15) is 5.15 Å². The zero-order valence-electron chi connectivity index (χ0n) is 11.8. The highest BCUT2D eigenvalue weighted by molar-refractivity contribution is 9.12. The number of hydrogen-bond acceptors (Lipinski definition) is 1. The molecule has 1 nitrogen and oxygen atoms in total. The van der Waals surface area contributed by atoms with E-state index in [2.05, 4.69) is 36.8 Å². The number of rotatable bonds is 2. The second-order valence-corrected chi connectivity index (χ2v) is 8.07. The molecule has 0 aromatic carbocycles. The molecule has 1 aliphatic carbocycles. The molecule has 0 spiro atoms. The molecular formula is C14H7Br2ClF7N. The highest BCUT2D eigenvalue weighted by Gasteiger charge is 2.74. The molecule has 11 heteroatoms. The molecule has 0 amide bonds. The van der Waals surface area contributed by atoms with Crippen molar-refractivity contribution in [3.63, 3.8) is 0 Å². The number of pyridine rings is 1. The molecule has 0 radical (unpaired) electrons. The lowest BCUT2D eigenvalue weighted by Gasteiger charge is -2.36. The first kappa shape index (κ1) is 20.7. The van der Waals surface area contributed by atoms with Crippen LogP contribution in [0.4, 0.5) is 30.7 Å². The predicted octanol–water partition coefficient (Wildman–Crippen LogP) is 6.77. The van der Waals surface area contributed by atoms with Crippen molar-refractivity contribution in [3.8, 4) is 0 Å². The molecule has 1 unspecified atom stereocenters. The minimum absolute atomic E-state index is 0.0184. The third kappa shape index (κ3) is 3.75.